The number of aromatic nitrogens is 2. The number of ether oxygens (including phenoxy) is 2. The van der Waals surface area contributed by atoms with Crippen molar-refractivity contribution in [2.45, 2.75) is 11.3 Å². The van der Waals surface area contributed by atoms with Crippen LogP contribution in [-0.4, -0.2) is 41.2 Å². The van der Waals surface area contributed by atoms with Crippen LogP contribution in [0.2, 0.25) is 5.02 Å². The zero-order valence-corrected chi connectivity index (χ0v) is 18.9. The van der Waals surface area contributed by atoms with E-state index in [2.05, 4.69) is 20.7 Å². The lowest BCUT2D eigenvalue weighted by molar-refractivity contribution is -0.118. The second kappa shape index (κ2) is 10.9. The van der Waals surface area contributed by atoms with Crippen LogP contribution in [0.1, 0.15) is 20.9 Å². The van der Waals surface area contributed by atoms with Gasteiger partial charge in [-0.1, -0.05) is 34.7 Å². The molecule has 1 heterocycles. The fourth-order valence-corrected chi connectivity index (χ4v) is 4.00. The quantitative estimate of drug-likeness (QED) is 0.172. The number of halogens is 1. The number of hydrogen-bond acceptors (Lipinski definition) is 9. The number of rotatable bonds is 8. The highest BCUT2D eigenvalue weighted by Crippen LogP contribution is 2.28. The lowest BCUT2D eigenvalue weighted by Gasteiger charge is -2.10. The van der Waals surface area contributed by atoms with Gasteiger partial charge in [-0.3, -0.25) is 4.79 Å². The Bertz CT molecular complexity index is 1100. The summed E-state index contributed by atoms with van der Waals surface area (Å²) in [5.41, 5.74) is 3.46. The SMILES string of the molecule is COc1cc(C=NNC(=O)CSc2nnc(C)s2)ccc1OC(=O)c1ccc(Cl)cc1. The molecule has 0 saturated carbocycles. The Morgan fingerprint density at radius 1 is 1.19 bits per heavy atom. The van der Waals surface area contributed by atoms with Crippen LogP contribution in [0.15, 0.2) is 51.9 Å². The minimum atomic E-state index is -0.535. The Kier molecular flexibility index (Phi) is 7.99. The van der Waals surface area contributed by atoms with E-state index in [0.29, 0.717) is 21.9 Å². The number of thioether (sulfide) groups is 1. The number of hydrazone groups is 1. The molecule has 8 nitrogen and oxygen atoms in total. The fourth-order valence-electron chi connectivity index (χ4n) is 2.27. The van der Waals surface area contributed by atoms with Crippen LogP contribution in [0.25, 0.3) is 0 Å². The number of amides is 1. The summed E-state index contributed by atoms with van der Waals surface area (Å²) in [5.74, 6) is -0.0250. The van der Waals surface area contributed by atoms with Crippen molar-refractivity contribution in [2.75, 3.05) is 12.9 Å². The molecule has 3 aromatic rings. The lowest BCUT2D eigenvalue weighted by atomic mass is 10.2. The summed E-state index contributed by atoms with van der Waals surface area (Å²) in [5, 5.41) is 13.1. The van der Waals surface area contributed by atoms with Crippen molar-refractivity contribution in [3.8, 4) is 11.5 Å². The standard InChI is InChI=1S/C20H17ClN4O4S2/c1-12-23-25-20(31-12)30-11-18(26)24-22-10-13-3-8-16(17(9-13)28-2)29-19(27)14-4-6-15(21)7-5-14/h3-10H,11H2,1-2H3,(H,24,26). The zero-order valence-electron chi connectivity index (χ0n) is 16.5. The largest absolute Gasteiger partial charge is 0.493 e. The van der Waals surface area contributed by atoms with E-state index in [9.17, 15) is 9.59 Å². The summed E-state index contributed by atoms with van der Waals surface area (Å²) in [6, 6.07) is 11.3. The van der Waals surface area contributed by atoms with Crippen molar-refractivity contribution in [3.05, 3.63) is 63.6 Å². The molecule has 3 rings (SSSR count). The maximum atomic E-state index is 12.3. The first-order valence-electron chi connectivity index (χ1n) is 8.85. The molecule has 0 bridgehead atoms. The molecule has 0 radical (unpaired) electrons. The second-order valence-electron chi connectivity index (χ2n) is 5.98. The third kappa shape index (κ3) is 6.78. The van der Waals surface area contributed by atoms with Gasteiger partial charge in [-0.25, -0.2) is 10.2 Å². The van der Waals surface area contributed by atoms with E-state index in [1.54, 1.807) is 42.5 Å². The van der Waals surface area contributed by atoms with Gasteiger partial charge in [-0.15, -0.1) is 10.2 Å². The van der Waals surface area contributed by atoms with E-state index < -0.39 is 5.97 Å². The maximum absolute atomic E-state index is 12.3. The molecule has 0 aliphatic carbocycles. The number of methoxy groups -OCH3 is 1. The third-order valence-corrected chi connectivity index (χ3v) is 5.93. The van der Waals surface area contributed by atoms with Gasteiger partial charge in [0.15, 0.2) is 15.8 Å². The number of benzene rings is 2. The fraction of sp³-hybridized carbons (Fsp3) is 0.150. The number of nitrogens with zero attached hydrogens (tertiary/aromatic N) is 3. The summed E-state index contributed by atoms with van der Waals surface area (Å²) in [4.78, 5) is 24.2. The summed E-state index contributed by atoms with van der Waals surface area (Å²) < 4.78 is 11.4. The number of nitrogens with one attached hydrogen (secondary N) is 1. The lowest BCUT2D eigenvalue weighted by Crippen LogP contribution is -2.19. The van der Waals surface area contributed by atoms with Crippen LogP contribution >= 0.6 is 34.7 Å². The molecular formula is C20H17ClN4O4S2. The monoisotopic (exact) mass is 476 g/mol. The Morgan fingerprint density at radius 3 is 2.65 bits per heavy atom. The van der Waals surface area contributed by atoms with Crippen molar-refractivity contribution in [1.82, 2.24) is 15.6 Å². The molecule has 0 fully saturated rings. The minimum Gasteiger partial charge on any atom is -0.493 e. The van der Waals surface area contributed by atoms with Crippen LogP contribution in [0.3, 0.4) is 0 Å². The molecule has 0 atom stereocenters. The Morgan fingerprint density at radius 2 is 1.97 bits per heavy atom. The van der Waals surface area contributed by atoms with Gasteiger partial charge in [0.1, 0.15) is 5.01 Å². The number of hydrogen-bond donors (Lipinski definition) is 1. The van der Waals surface area contributed by atoms with Crippen LogP contribution in [0.5, 0.6) is 11.5 Å². The van der Waals surface area contributed by atoms with E-state index >= 15 is 0 Å². The van der Waals surface area contributed by atoms with Crippen LogP contribution in [-0.2, 0) is 4.79 Å². The van der Waals surface area contributed by atoms with E-state index in [1.807, 2.05) is 6.92 Å². The maximum Gasteiger partial charge on any atom is 0.343 e. The van der Waals surface area contributed by atoms with Gasteiger partial charge >= 0.3 is 5.97 Å². The highest BCUT2D eigenvalue weighted by molar-refractivity contribution is 8.01. The van der Waals surface area contributed by atoms with Gasteiger partial charge in [-0.05, 0) is 55.0 Å². The van der Waals surface area contributed by atoms with E-state index in [1.165, 1.54) is 36.4 Å². The topological polar surface area (TPSA) is 103 Å². The smallest absolute Gasteiger partial charge is 0.343 e. The molecule has 0 saturated heterocycles. The summed E-state index contributed by atoms with van der Waals surface area (Å²) in [6.45, 7) is 1.85. The summed E-state index contributed by atoms with van der Waals surface area (Å²) >= 11 is 8.55. The van der Waals surface area contributed by atoms with Gasteiger partial charge in [-0.2, -0.15) is 5.10 Å². The number of carbonyl (C=O) groups is 2. The molecule has 160 valence electrons. The molecule has 0 unspecified atom stereocenters. The van der Waals surface area contributed by atoms with Crippen LogP contribution < -0.4 is 14.9 Å². The second-order valence-corrected chi connectivity index (χ2v) is 8.82. The Balaban J connectivity index is 1.56. The average Bonchev–Trinajstić information content (AvgIpc) is 3.18. The molecule has 31 heavy (non-hydrogen) atoms. The number of aryl methyl sites for hydroxylation is 1. The zero-order chi connectivity index (χ0) is 22.2. The van der Waals surface area contributed by atoms with Crippen molar-refractivity contribution >= 4 is 52.8 Å². The van der Waals surface area contributed by atoms with Gasteiger partial charge in [0.25, 0.3) is 5.91 Å². The van der Waals surface area contributed by atoms with Gasteiger partial charge in [0.05, 0.1) is 24.6 Å². The minimum absolute atomic E-state index is 0.175. The predicted octanol–water partition coefficient (Wildman–Crippen LogP) is 3.97. The third-order valence-electron chi connectivity index (χ3n) is 3.71. The van der Waals surface area contributed by atoms with Crippen LogP contribution in [0.4, 0.5) is 0 Å². The Labute approximate surface area is 191 Å². The van der Waals surface area contributed by atoms with Crippen molar-refractivity contribution < 1.29 is 19.1 Å². The average molecular weight is 477 g/mol. The normalized spacial score (nSPS) is 10.8. The molecule has 11 heteroatoms. The molecule has 2 aromatic carbocycles. The Hall–Kier alpha value is -2.95. The first-order valence-corrected chi connectivity index (χ1v) is 11.0. The van der Waals surface area contributed by atoms with Crippen molar-refractivity contribution in [1.29, 1.82) is 0 Å². The van der Waals surface area contributed by atoms with E-state index in [0.717, 1.165) is 9.35 Å². The highest BCUT2D eigenvalue weighted by atomic mass is 35.5. The summed E-state index contributed by atoms with van der Waals surface area (Å²) in [7, 11) is 1.46. The van der Waals surface area contributed by atoms with E-state index in [-0.39, 0.29) is 17.4 Å². The predicted molar refractivity (Wildman–Crippen MR) is 121 cm³/mol. The molecule has 1 aromatic heterocycles. The van der Waals surface area contributed by atoms with Crippen molar-refractivity contribution in [3.63, 3.8) is 0 Å². The molecular weight excluding hydrogens is 460 g/mol. The van der Waals surface area contributed by atoms with Crippen molar-refractivity contribution in [2.24, 2.45) is 5.10 Å². The number of carbonyl (C=O) groups excluding carboxylic acids is 2. The highest BCUT2D eigenvalue weighted by Gasteiger charge is 2.13. The van der Waals surface area contributed by atoms with Crippen LogP contribution in [0, 0.1) is 6.92 Å². The van der Waals surface area contributed by atoms with Gasteiger partial charge in [0.2, 0.25) is 0 Å². The molecule has 1 N–H and O–H groups in total. The molecule has 0 aliphatic rings. The summed E-state index contributed by atoms with van der Waals surface area (Å²) in [6.07, 6.45) is 1.46. The van der Waals surface area contributed by atoms with Gasteiger partial charge in [0, 0.05) is 5.02 Å². The van der Waals surface area contributed by atoms with Gasteiger partial charge < -0.3 is 9.47 Å². The number of esters is 1. The first-order chi connectivity index (χ1) is 14.9. The van der Waals surface area contributed by atoms with E-state index in [4.69, 9.17) is 21.1 Å². The molecule has 0 aliphatic heterocycles. The first kappa shape index (κ1) is 22.7. The molecule has 1 amide bonds. The molecule has 0 spiro atoms.